The highest BCUT2D eigenvalue weighted by Gasteiger charge is 2.13. The quantitative estimate of drug-likeness (QED) is 0.861. The van der Waals surface area contributed by atoms with E-state index in [-0.39, 0.29) is 24.1 Å². The first-order valence-electron chi connectivity index (χ1n) is 6.60. The number of esters is 1. The zero-order chi connectivity index (χ0) is 15.9. The molecule has 1 aromatic heterocycles. The fourth-order valence-corrected chi connectivity index (χ4v) is 2.56. The number of benzene rings is 1. The first-order valence-corrected chi connectivity index (χ1v) is 7.48. The Kier molecular flexibility index (Phi) is 5.28. The molecule has 1 aromatic carbocycles. The minimum atomic E-state index is -0.629. The number of nitriles is 1. The number of nitrogens with one attached hydrogen (secondary N) is 1. The topological polar surface area (TPSA) is 79.2 Å². The Labute approximate surface area is 132 Å². The molecule has 0 saturated heterocycles. The second kappa shape index (κ2) is 7.38. The molecule has 1 heterocycles. The predicted molar refractivity (Wildman–Crippen MR) is 82.3 cm³/mol. The fourth-order valence-electron chi connectivity index (χ4n) is 1.82. The highest BCUT2D eigenvalue weighted by atomic mass is 32.1. The summed E-state index contributed by atoms with van der Waals surface area (Å²) in [5.74, 6) is -0.998. The Hall–Kier alpha value is -2.65. The van der Waals surface area contributed by atoms with Crippen molar-refractivity contribution in [1.29, 1.82) is 5.26 Å². The molecule has 6 heteroatoms. The standard InChI is InChI=1S/C16H14N2O3S/c1-11(14-6-3-7-22-14)18-15(19)10-21-16(20)13-5-2-4-12(8-13)9-17/h2-8,11H,10H2,1H3,(H,18,19)/t11-/m0/s1. The molecule has 2 aromatic rings. The number of ether oxygens (including phenoxy) is 1. The maximum Gasteiger partial charge on any atom is 0.338 e. The first kappa shape index (κ1) is 15.7. The van der Waals surface area contributed by atoms with Gasteiger partial charge in [-0.15, -0.1) is 11.3 Å². The van der Waals surface area contributed by atoms with Crippen LogP contribution in [0.2, 0.25) is 0 Å². The number of amides is 1. The van der Waals surface area contributed by atoms with E-state index in [1.165, 1.54) is 12.1 Å². The SMILES string of the molecule is C[C@H](NC(=O)COC(=O)c1cccc(C#N)c1)c1cccs1. The van der Waals surface area contributed by atoms with Crippen LogP contribution in [-0.4, -0.2) is 18.5 Å². The second-order valence-corrected chi connectivity index (χ2v) is 5.55. The largest absolute Gasteiger partial charge is 0.452 e. The summed E-state index contributed by atoms with van der Waals surface area (Å²) < 4.78 is 4.95. The van der Waals surface area contributed by atoms with Crippen LogP contribution < -0.4 is 5.32 Å². The number of carbonyl (C=O) groups excluding carboxylic acids is 2. The van der Waals surface area contributed by atoms with Crippen molar-refractivity contribution in [2.45, 2.75) is 13.0 Å². The van der Waals surface area contributed by atoms with Crippen molar-refractivity contribution in [1.82, 2.24) is 5.32 Å². The van der Waals surface area contributed by atoms with Gasteiger partial charge in [-0.05, 0) is 36.6 Å². The Bertz CT molecular complexity index is 704. The summed E-state index contributed by atoms with van der Waals surface area (Å²) in [5, 5.41) is 13.5. The molecule has 0 saturated carbocycles. The van der Waals surface area contributed by atoms with Gasteiger partial charge in [0, 0.05) is 4.88 Å². The van der Waals surface area contributed by atoms with E-state index in [1.807, 2.05) is 30.5 Å². The summed E-state index contributed by atoms with van der Waals surface area (Å²) in [7, 11) is 0. The normalized spacial score (nSPS) is 11.3. The summed E-state index contributed by atoms with van der Waals surface area (Å²) in [5.41, 5.74) is 0.614. The Balaban J connectivity index is 1.85. The van der Waals surface area contributed by atoms with Gasteiger partial charge in [-0.2, -0.15) is 5.26 Å². The first-order chi connectivity index (χ1) is 10.6. The van der Waals surface area contributed by atoms with Gasteiger partial charge in [-0.25, -0.2) is 4.79 Å². The molecule has 1 N–H and O–H groups in total. The van der Waals surface area contributed by atoms with Crippen LogP contribution in [0, 0.1) is 11.3 Å². The number of thiophene rings is 1. The highest BCUT2D eigenvalue weighted by molar-refractivity contribution is 7.10. The van der Waals surface area contributed by atoms with Crippen LogP contribution in [0.4, 0.5) is 0 Å². The van der Waals surface area contributed by atoms with Crippen molar-refractivity contribution in [3.05, 3.63) is 57.8 Å². The van der Waals surface area contributed by atoms with Gasteiger partial charge < -0.3 is 10.1 Å². The molecule has 0 aliphatic rings. The minimum Gasteiger partial charge on any atom is -0.452 e. The lowest BCUT2D eigenvalue weighted by Crippen LogP contribution is -2.30. The van der Waals surface area contributed by atoms with Crippen LogP contribution >= 0.6 is 11.3 Å². The van der Waals surface area contributed by atoms with E-state index in [2.05, 4.69) is 5.32 Å². The molecule has 22 heavy (non-hydrogen) atoms. The monoisotopic (exact) mass is 314 g/mol. The van der Waals surface area contributed by atoms with Gasteiger partial charge in [-0.3, -0.25) is 4.79 Å². The third kappa shape index (κ3) is 4.17. The molecular formula is C16H14N2O3S. The van der Waals surface area contributed by atoms with E-state index in [1.54, 1.807) is 23.5 Å². The van der Waals surface area contributed by atoms with Crippen molar-refractivity contribution in [3.8, 4) is 6.07 Å². The lowest BCUT2D eigenvalue weighted by Gasteiger charge is -2.12. The third-order valence-corrected chi connectivity index (χ3v) is 3.96. The summed E-state index contributed by atoms with van der Waals surface area (Å²) >= 11 is 1.55. The van der Waals surface area contributed by atoms with Crippen LogP contribution in [0.25, 0.3) is 0 Å². The average molecular weight is 314 g/mol. The van der Waals surface area contributed by atoms with Crippen LogP contribution in [0.5, 0.6) is 0 Å². The zero-order valence-electron chi connectivity index (χ0n) is 11.9. The highest BCUT2D eigenvalue weighted by Crippen LogP contribution is 2.17. The second-order valence-electron chi connectivity index (χ2n) is 4.57. The maximum atomic E-state index is 11.8. The van der Waals surface area contributed by atoms with Gasteiger partial charge >= 0.3 is 5.97 Å². The maximum absolute atomic E-state index is 11.8. The van der Waals surface area contributed by atoms with E-state index < -0.39 is 5.97 Å². The van der Waals surface area contributed by atoms with E-state index in [0.717, 1.165) is 4.88 Å². The van der Waals surface area contributed by atoms with Crippen molar-refractivity contribution in [2.24, 2.45) is 0 Å². The Morgan fingerprint density at radius 1 is 1.36 bits per heavy atom. The molecule has 0 unspecified atom stereocenters. The van der Waals surface area contributed by atoms with E-state index in [4.69, 9.17) is 10.00 Å². The molecule has 0 radical (unpaired) electrons. The number of hydrogen-bond donors (Lipinski definition) is 1. The number of hydrogen-bond acceptors (Lipinski definition) is 5. The molecule has 0 fully saturated rings. The van der Waals surface area contributed by atoms with Gasteiger partial charge in [0.25, 0.3) is 5.91 Å². The van der Waals surface area contributed by atoms with Crippen LogP contribution in [0.1, 0.15) is 33.8 Å². The molecule has 0 spiro atoms. The van der Waals surface area contributed by atoms with Gasteiger partial charge in [0.05, 0.1) is 23.2 Å². The van der Waals surface area contributed by atoms with Gasteiger partial charge in [-0.1, -0.05) is 12.1 Å². The van der Waals surface area contributed by atoms with Gasteiger partial charge in [0.2, 0.25) is 0 Å². The van der Waals surface area contributed by atoms with Crippen molar-refractivity contribution >= 4 is 23.2 Å². The fraction of sp³-hybridized carbons (Fsp3) is 0.188. The van der Waals surface area contributed by atoms with Crippen LogP contribution in [0.3, 0.4) is 0 Å². The van der Waals surface area contributed by atoms with Crippen molar-refractivity contribution in [2.75, 3.05) is 6.61 Å². The van der Waals surface area contributed by atoms with Crippen molar-refractivity contribution in [3.63, 3.8) is 0 Å². The summed E-state index contributed by atoms with van der Waals surface area (Å²) in [6.45, 7) is 1.51. The van der Waals surface area contributed by atoms with Gasteiger partial charge in [0.1, 0.15) is 0 Å². The Morgan fingerprint density at radius 3 is 2.86 bits per heavy atom. The van der Waals surface area contributed by atoms with Crippen LogP contribution in [-0.2, 0) is 9.53 Å². The summed E-state index contributed by atoms with van der Waals surface area (Å²) in [6.07, 6.45) is 0. The summed E-state index contributed by atoms with van der Waals surface area (Å²) in [6, 6.07) is 11.8. The number of nitrogens with zero attached hydrogens (tertiary/aromatic N) is 1. The summed E-state index contributed by atoms with van der Waals surface area (Å²) in [4.78, 5) is 24.6. The predicted octanol–water partition coefficient (Wildman–Crippen LogP) is 2.65. The molecule has 1 atom stereocenters. The Morgan fingerprint density at radius 2 is 2.18 bits per heavy atom. The lowest BCUT2D eigenvalue weighted by molar-refractivity contribution is -0.124. The zero-order valence-corrected chi connectivity index (χ0v) is 12.7. The lowest BCUT2D eigenvalue weighted by atomic mass is 10.1. The van der Waals surface area contributed by atoms with E-state index >= 15 is 0 Å². The van der Waals surface area contributed by atoms with E-state index in [9.17, 15) is 9.59 Å². The number of rotatable bonds is 5. The molecule has 1 amide bonds. The molecule has 2 rings (SSSR count). The molecule has 0 aliphatic carbocycles. The molecule has 5 nitrogen and oxygen atoms in total. The molecule has 112 valence electrons. The van der Waals surface area contributed by atoms with Crippen LogP contribution in [0.15, 0.2) is 41.8 Å². The van der Waals surface area contributed by atoms with Crippen molar-refractivity contribution < 1.29 is 14.3 Å². The average Bonchev–Trinajstić information content (AvgIpc) is 3.07. The number of carbonyl (C=O) groups is 2. The third-order valence-electron chi connectivity index (χ3n) is 2.91. The smallest absolute Gasteiger partial charge is 0.338 e. The van der Waals surface area contributed by atoms with E-state index in [0.29, 0.717) is 5.56 Å². The molecule has 0 aliphatic heterocycles. The molecule has 0 bridgehead atoms. The minimum absolute atomic E-state index is 0.131. The molecular weight excluding hydrogens is 300 g/mol. The van der Waals surface area contributed by atoms with Gasteiger partial charge in [0.15, 0.2) is 6.61 Å².